The Labute approximate surface area is 122 Å². The molecular formula is C18H13NO2. The Morgan fingerprint density at radius 3 is 2.67 bits per heavy atom. The van der Waals surface area contributed by atoms with Crippen molar-refractivity contribution < 1.29 is 9.53 Å². The van der Waals surface area contributed by atoms with Crippen molar-refractivity contribution >= 4 is 22.8 Å². The number of carbonyl (C=O) groups is 1. The Morgan fingerprint density at radius 1 is 1.05 bits per heavy atom. The highest BCUT2D eigenvalue weighted by Crippen LogP contribution is 2.32. The zero-order chi connectivity index (χ0) is 14.4. The Bertz CT molecular complexity index is 902. The standard InChI is InChI=1S/C18H13NO2/c1-19-11-12(13-6-2-4-8-15(13)19)10-17-18(20)14-7-3-5-9-16(14)21-17/h2-11H,1H3/b17-10-. The molecule has 0 saturated carbocycles. The van der Waals surface area contributed by atoms with Crippen molar-refractivity contribution in [3.05, 3.63) is 71.6 Å². The van der Waals surface area contributed by atoms with Gasteiger partial charge in [-0.1, -0.05) is 30.3 Å². The second kappa shape index (κ2) is 4.35. The molecular weight excluding hydrogens is 262 g/mol. The molecule has 1 aliphatic heterocycles. The molecule has 21 heavy (non-hydrogen) atoms. The normalized spacial score (nSPS) is 15.5. The van der Waals surface area contributed by atoms with E-state index in [-0.39, 0.29) is 5.78 Å². The van der Waals surface area contributed by atoms with Gasteiger partial charge in [0.2, 0.25) is 5.78 Å². The number of para-hydroxylation sites is 2. The van der Waals surface area contributed by atoms with Gasteiger partial charge in [0, 0.05) is 29.7 Å². The lowest BCUT2D eigenvalue weighted by Crippen LogP contribution is -1.97. The van der Waals surface area contributed by atoms with E-state index in [4.69, 9.17) is 4.74 Å². The molecule has 0 spiro atoms. The quantitative estimate of drug-likeness (QED) is 0.633. The van der Waals surface area contributed by atoms with Gasteiger partial charge in [-0.15, -0.1) is 0 Å². The number of hydrogen-bond acceptors (Lipinski definition) is 2. The predicted octanol–water partition coefficient (Wildman–Crippen LogP) is 3.79. The van der Waals surface area contributed by atoms with Crippen LogP contribution in [0.3, 0.4) is 0 Å². The molecule has 0 fully saturated rings. The Balaban J connectivity index is 1.84. The van der Waals surface area contributed by atoms with Crippen molar-refractivity contribution in [2.75, 3.05) is 0 Å². The number of rotatable bonds is 1. The topological polar surface area (TPSA) is 31.2 Å². The highest BCUT2D eigenvalue weighted by Gasteiger charge is 2.26. The number of Topliss-reactive ketones (excluding diaryl/α,β-unsaturated/α-hetero) is 1. The lowest BCUT2D eigenvalue weighted by molar-refractivity contribution is 0.101. The van der Waals surface area contributed by atoms with E-state index in [0.29, 0.717) is 17.1 Å². The minimum Gasteiger partial charge on any atom is -0.452 e. The molecule has 0 aliphatic carbocycles. The minimum atomic E-state index is -0.0569. The molecule has 0 radical (unpaired) electrons. The third-order valence-corrected chi connectivity index (χ3v) is 3.79. The first-order valence-electron chi connectivity index (χ1n) is 6.81. The number of allylic oxidation sites excluding steroid dienone is 1. The molecule has 0 bridgehead atoms. The Morgan fingerprint density at radius 2 is 1.81 bits per heavy atom. The summed E-state index contributed by atoms with van der Waals surface area (Å²) >= 11 is 0. The van der Waals surface area contributed by atoms with E-state index in [0.717, 1.165) is 16.5 Å². The van der Waals surface area contributed by atoms with Crippen LogP contribution in [0, 0.1) is 0 Å². The maximum absolute atomic E-state index is 12.3. The first-order chi connectivity index (χ1) is 10.2. The van der Waals surface area contributed by atoms with Crippen LogP contribution in [0.15, 0.2) is 60.5 Å². The largest absolute Gasteiger partial charge is 0.452 e. The number of nitrogens with zero attached hydrogens (tertiary/aromatic N) is 1. The molecule has 102 valence electrons. The summed E-state index contributed by atoms with van der Waals surface area (Å²) in [6, 6.07) is 15.4. The van der Waals surface area contributed by atoms with Crippen LogP contribution >= 0.6 is 0 Å². The molecule has 3 heteroatoms. The summed E-state index contributed by atoms with van der Waals surface area (Å²) in [5.74, 6) is 0.958. The van der Waals surface area contributed by atoms with E-state index in [1.165, 1.54) is 0 Å². The zero-order valence-corrected chi connectivity index (χ0v) is 11.5. The molecule has 0 saturated heterocycles. The molecule has 2 heterocycles. The van der Waals surface area contributed by atoms with Crippen molar-refractivity contribution in [1.29, 1.82) is 0 Å². The van der Waals surface area contributed by atoms with Crippen molar-refractivity contribution in [1.82, 2.24) is 4.57 Å². The van der Waals surface area contributed by atoms with Crippen molar-refractivity contribution in [2.45, 2.75) is 0 Å². The van der Waals surface area contributed by atoms with Gasteiger partial charge in [-0.25, -0.2) is 0 Å². The maximum atomic E-state index is 12.3. The monoisotopic (exact) mass is 275 g/mol. The highest BCUT2D eigenvalue weighted by atomic mass is 16.5. The van der Waals surface area contributed by atoms with Gasteiger partial charge in [-0.2, -0.15) is 0 Å². The number of benzene rings is 2. The van der Waals surface area contributed by atoms with Crippen LogP contribution in [-0.2, 0) is 7.05 Å². The van der Waals surface area contributed by atoms with Crippen molar-refractivity contribution in [3.8, 4) is 5.75 Å². The lowest BCUT2D eigenvalue weighted by atomic mass is 10.1. The van der Waals surface area contributed by atoms with Crippen LogP contribution in [0.1, 0.15) is 15.9 Å². The minimum absolute atomic E-state index is 0.0569. The number of carbonyl (C=O) groups excluding carboxylic acids is 1. The molecule has 1 aromatic heterocycles. The molecule has 3 aromatic rings. The molecule has 0 atom stereocenters. The number of aromatic nitrogens is 1. The van der Waals surface area contributed by atoms with Crippen LogP contribution in [0.4, 0.5) is 0 Å². The van der Waals surface area contributed by atoms with Crippen LogP contribution in [0.2, 0.25) is 0 Å². The van der Waals surface area contributed by atoms with E-state index in [1.807, 2.05) is 60.3 Å². The van der Waals surface area contributed by atoms with E-state index >= 15 is 0 Å². The Kier molecular flexibility index (Phi) is 2.48. The van der Waals surface area contributed by atoms with E-state index in [9.17, 15) is 4.79 Å². The lowest BCUT2D eigenvalue weighted by Gasteiger charge is -1.97. The summed E-state index contributed by atoms with van der Waals surface area (Å²) in [7, 11) is 2.00. The van der Waals surface area contributed by atoms with Crippen LogP contribution in [0.25, 0.3) is 17.0 Å². The SMILES string of the molecule is Cn1cc(/C=C2\Oc3ccccc3C2=O)c2ccccc21. The Hall–Kier alpha value is -2.81. The average Bonchev–Trinajstić information content (AvgIpc) is 2.99. The maximum Gasteiger partial charge on any atom is 0.231 e. The van der Waals surface area contributed by atoms with Gasteiger partial charge in [-0.3, -0.25) is 4.79 Å². The second-order valence-electron chi connectivity index (χ2n) is 5.15. The van der Waals surface area contributed by atoms with Gasteiger partial charge in [0.05, 0.1) is 5.56 Å². The van der Waals surface area contributed by atoms with Crippen LogP contribution in [-0.4, -0.2) is 10.4 Å². The summed E-state index contributed by atoms with van der Waals surface area (Å²) in [6.07, 6.45) is 3.84. The van der Waals surface area contributed by atoms with Gasteiger partial charge in [0.1, 0.15) is 5.75 Å². The molecule has 0 N–H and O–H groups in total. The molecule has 2 aromatic carbocycles. The zero-order valence-electron chi connectivity index (χ0n) is 11.5. The summed E-state index contributed by atoms with van der Waals surface area (Å²) in [4.78, 5) is 12.3. The van der Waals surface area contributed by atoms with Crippen LogP contribution in [0.5, 0.6) is 5.75 Å². The summed E-state index contributed by atoms with van der Waals surface area (Å²) < 4.78 is 7.73. The van der Waals surface area contributed by atoms with Crippen molar-refractivity contribution in [3.63, 3.8) is 0 Å². The number of aryl methyl sites for hydroxylation is 1. The van der Waals surface area contributed by atoms with Gasteiger partial charge in [0.25, 0.3) is 0 Å². The molecule has 0 amide bonds. The first-order valence-corrected chi connectivity index (χ1v) is 6.81. The summed E-state index contributed by atoms with van der Waals surface area (Å²) in [5, 5.41) is 1.11. The summed E-state index contributed by atoms with van der Waals surface area (Å²) in [6.45, 7) is 0. The number of ether oxygens (including phenoxy) is 1. The van der Waals surface area contributed by atoms with Gasteiger partial charge >= 0.3 is 0 Å². The predicted molar refractivity (Wildman–Crippen MR) is 82.3 cm³/mol. The fourth-order valence-corrected chi connectivity index (χ4v) is 2.77. The van der Waals surface area contributed by atoms with Gasteiger partial charge < -0.3 is 9.30 Å². The third-order valence-electron chi connectivity index (χ3n) is 3.79. The van der Waals surface area contributed by atoms with Gasteiger partial charge in [0.15, 0.2) is 5.76 Å². The smallest absolute Gasteiger partial charge is 0.231 e. The average molecular weight is 275 g/mol. The molecule has 3 nitrogen and oxygen atoms in total. The fraction of sp³-hybridized carbons (Fsp3) is 0.0556. The molecule has 4 rings (SSSR count). The number of ketones is 1. The highest BCUT2D eigenvalue weighted by molar-refractivity contribution is 6.15. The van der Waals surface area contributed by atoms with E-state index < -0.39 is 0 Å². The number of fused-ring (bicyclic) bond motifs is 2. The number of hydrogen-bond donors (Lipinski definition) is 0. The first kappa shape index (κ1) is 12.0. The molecule has 0 unspecified atom stereocenters. The second-order valence-corrected chi connectivity index (χ2v) is 5.15. The summed E-state index contributed by atoms with van der Waals surface area (Å²) in [5.41, 5.74) is 2.75. The van der Waals surface area contributed by atoms with E-state index in [2.05, 4.69) is 6.07 Å². The third kappa shape index (κ3) is 1.78. The van der Waals surface area contributed by atoms with Crippen molar-refractivity contribution in [2.24, 2.45) is 7.05 Å². The fourth-order valence-electron chi connectivity index (χ4n) is 2.77. The van der Waals surface area contributed by atoms with E-state index in [1.54, 1.807) is 6.07 Å². The molecule has 1 aliphatic rings. The van der Waals surface area contributed by atoms with Crippen LogP contribution < -0.4 is 4.74 Å². The van der Waals surface area contributed by atoms with Gasteiger partial charge in [-0.05, 0) is 24.3 Å².